The topological polar surface area (TPSA) is 79.6 Å². The second kappa shape index (κ2) is 8.16. The zero-order valence-electron chi connectivity index (χ0n) is 17.4. The van der Waals surface area contributed by atoms with Gasteiger partial charge in [-0.2, -0.15) is 5.10 Å². The molecule has 9 heteroatoms. The molecule has 0 unspecified atom stereocenters. The molecular weight excluding hydrogens is 433 g/mol. The smallest absolute Gasteiger partial charge is 0.256 e. The van der Waals surface area contributed by atoms with Crippen LogP contribution in [0, 0.1) is 11.2 Å². The van der Waals surface area contributed by atoms with E-state index in [0.29, 0.717) is 29.3 Å². The molecule has 1 aromatic carbocycles. The minimum Gasteiger partial charge on any atom is -0.349 e. The van der Waals surface area contributed by atoms with E-state index in [2.05, 4.69) is 15.4 Å². The maximum absolute atomic E-state index is 13.3. The van der Waals surface area contributed by atoms with E-state index in [-0.39, 0.29) is 29.1 Å². The van der Waals surface area contributed by atoms with Crippen molar-refractivity contribution in [2.45, 2.75) is 44.7 Å². The third-order valence-corrected chi connectivity index (χ3v) is 7.13. The Kier molecular flexibility index (Phi) is 5.33. The quantitative estimate of drug-likeness (QED) is 0.651. The number of likely N-dealkylation sites (tertiary alicyclic amines) is 1. The highest BCUT2D eigenvalue weighted by Gasteiger charge is 2.48. The molecule has 2 aromatic heterocycles. The minimum atomic E-state index is -0.386. The monoisotopic (exact) mass is 455 g/mol. The Morgan fingerprint density at radius 1 is 1.28 bits per heavy atom. The lowest BCUT2D eigenvalue weighted by Crippen LogP contribution is -2.43. The number of benzene rings is 1. The van der Waals surface area contributed by atoms with E-state index in [0.717, 1.165) is 37.7 Å². The maximum Gasteiger partial charge on any atom is 0.256 e. The first kappa shape index (κ1) is 20.9. The lowest BCUT2D eigenvalue weighted by atomic mass is 9.71. The molecule has 1 saturated carbocycles. The van der Waals surface area contributed by atoms with Gasteiger partial charge in [-0.25, -0.2) is 13.9 Å². The first-order valence-electron chi connectivity index (χ1n) is 10.8. The summed E-state index contributed by atoms with van der Waals surface area (Å²) >= 11 is 6.15. The molecule has 32 heavy (non-hydrogen) atoms. The van der Waals surface area contributed by atoms with E-state index in [9.17, 15) is 14.0 Å². The zero-order chi connectivity index (χ0) is 22.3. The second-order valence-electron chi connectivity index (χ2n) is 8.69. The molecule has 0 bridgehead atoms. The highest BCUT2D eigenvalue weighted by Crippen LogP contribution is 2.45. The van der Waals surface area contributed by atoms with Gasteiger partial charge in [-0.1, -0.05) is 17.7 Å². The van der Waals surface area contributed by atoms with Gasteiger partial charge in [0.2, 0.25) is 5.91 Å². The van der Waals surface area contributed by atoms with Crippen LogP contribution in [0.4, 0.5) is 4.39 Å². The van der Waals surface area contributed by atoms with E-state index in [1.54, 1.807) is 29.0 Å². The standard InChI is InChI=1S/C23H23ClFN5O2/c24-19-12-16(25)3-2-15(19)14-29-11-8-23(22(29)32)6-4-17(5-7-23)28-21(31)18-13-27-30-10-1-9-26-20(18)30/h1-3,9-10,12-13,17H,4-8,11,14H2,(H,28,31). The van der Waals surface area contributed by atoms with Crippen LogP contribution < -0.4 is 5.32 Å². The summed E-state index contributed by atoms with van der Waals surface area (Å²) in [6.45, 7) is 1.05. The summed E-state index contributed by atoms with van der Waals surface area (Å²) in [5, 5.41) is 7.60. The summed E-state index contributed by atoms with van der Waals surface area (Å²) in [5.41, 5.74) is 1.35. The van der Waals surface area contributed by atoms with Crippen LogP contribution in [-0.2, 0) is 11.3 Å². The van der Waals surface area contributed by atoms with Gasteiger partial charge < -0.3 is 10.2 Å². The van der Waals surface area contributed by atoms with Crippen LogP contribution in [-0.4, -0.2) is 43.9 Å². The highest BCUT2D eigenvalue weighted by atomic mass is 35.5. The van der Waals surface area contributed by atoms with E-state index in [1.165, 1.54) is 18.3 Å². The van der Waals surface area contributed by atoms with Crippen LogP contribution in [0.2, 0.25) is 5.02 Å². The van der Waals surface area contributed by atoms with Gasteiger partial charge in [0.05, 0.1) is 11.6 Å². The van der Waals surface area contributed by atoms with Gasteiger partial charge in [0.25, 0.3) is 5.91 Å². The number of rotatable bonds is 4. The molecule has 166 valence electrons. The van der Waals surface area contributed by atoms with Crippen LogP contribution in [0.5, 0.6) is 0 Å². The highest BCUT2D eigenvalue weighted by molar-refractivity contribution is 6.31. The summed E-state index contributed by atoms with van der Waals surface area (Å²) in [6, 6.07) is 6.05. The molecule has 1 aliphatic carbocycles. The first-order valence-corrected chi connectivity index (χ1v) is 11.2. The van der Waals surface area contributed by atoms with Crippen LogP contribution >= 0.6 is 11.6 Å². The number of carbonyl (C=O) groups excluding carboxylic acids is 2. The molecule has 2 amide bonds. The van der Waals surface area contributed by atoms with E-state index in [4.69, 9.17) is 11.6 Å². The number of amides is 2. The Morgan fingerprint density at radius 2 is 2.09 bits per heavy atom. The molecule has 1 spiro atoms. The molecule has 1 aliphatic heterocycles. The third-order valence-electron chi connectivity index (χ3n) is 6.78. The lowest BCUT2D eigenvalue weighted by molar-refractivity contribution is -0.138. The molecule has 3 aromatic rings. The normalized spacial score (nSPS) is 23.2. The summed E-state index contributed by atoms with van der Waals surface area (Å²) in [7, 11) is 0. The summed E-state index contributed by atoms with van der Waals surface area (Å²) in [6.07, 6.45) is 8.67. The number of hydrogen-bond acceptors (Lipinski definition) is 4. The number of nitrogens with one attached hydrogen (secondary N) is 1. The SMILES string of the molecule is O=C(NC1CCC2(CC1)CCN(Cc1ccc(F)cc1Cl)C2=O)c1cnn2cccnc12. The van der Waals surface area contributed by atoms with Gasteiger partial charge in [-0.05, 0) is 55.9 Å². The number of carbonyl (C=O) groups is 2. The molecule has 0 atom stereocenters. The van der Waals surface area contributed by atoms with Crippen molar-refractivity contribution in [2.75, 3.05) is 6.54 Å². The van der Waals surface area contributed by atoms with Gasteiger partial charge in [0.15, 0.2) is 5.65 Å². The molecule has 3 heterocycles. The van der Waals surface area contributed by atoms with Crippen molar-refractivity contribution in [2.24, 2.45) is 5.41 Å². The van der Waals surface area contributed by atoms with E-state index >= 15 is 0 Å². The Labute approximate surface area is 189 Å². The van der Waals surface area contributed by atoms with Crippen molar-refractivity contribution in [3.8, 4) is 0 Å². The van der Waals surface area contributed by atoms with Crippen LogP contribution in [0.25, 0.3) is 5.65 Å². The molecule has 1 saturated heterocycles. The predicted molar refractivity (Wildman–Crippen MR) is 117 cm³/mol. The average Bonchev–Trinajstić information content (AvgIpc) is 3.35. The Morgan fingerprint density at radius 3 is 2.88 bits per heavy atom. The Balaban J connectivity index is 1.20. The van der Waals surface area contributed by atoms with Crippen molar-refractivity contribution in [1.29, 1.82) is 0 Å². The van der Waals surface area contributed by atoms with Gasteiger partial charge >= 0.3 is 0 Å². The second-order valence-corrected chi connectivity index (χ2v) is 9.09. The van der Waals surface area contributed by atoms with E-state index < -0.39 is 0 Å². The molecule has 0 radical (unpaired) electrons. The van der Waals surface area contributed by atoms with Crippen molar-refractivity contribution in [3.05, 3.63) is 64.8 Å². The summed E-state index contributed by atoms with van der Waals surface area (Å²) < 4.78 is 14.9. The first-order chi connectivity index (χ1) is 15.4. The number of halogens is 2. The van der Waals surface area contributed by atoms with E-state index in [1.807, 2.05) is 4.90 Å². The molecule has 2 fully saturated rings. The van der Waals surface area contributed by atoms with Crippen molar-refractivity contribution in [3.63, 3.8) is 0 Å². The molecule has 2 aliphatic rings. The number of nitrogens with zero attached hydrogens (tertiary/aromatic N) is 4. The van der Waals surface area contributed by atoms with Gasteiger partial charge in [0.1, 0.15) is 11.4 Å². The Hall–Kier alpha value is -3.00. The molecular formula is C23H23ClFN5O2. The fourth-order valence-electron chi connectivity index (χ4n) is 4.93. The van der Waals surface area contributed by atoms with Gasteiger partial charge in [-0.3, -0.25) is 9.59 Å². The predicted octanol–water partition coefficient (Wildman–Crippen LogP) is 3.61. The van der Waals surface area contributed by atoms with Crippen molar-refractivity contribution >= 4 is 29.1 Å². The zero-order valence-corrected chi connectivity index (χ0v) is 18.2. The number of fused-ring (bicyclic) bond motifs is 1. The van der Waals surface area contributed by atoms with Crippen LogP contribution in [0.1, 0.15) is 48.0 Å². The van der Waals surface area contributed by atoms with Crippen LogP contribution in [0.3, 0.4) is 0 Å². The minimum absolute atomic E-state index is 0.0141. The number of hydrogen-bond donors (Lipinski definition) is 1. The fraction of sp³-hybridized carbons (Fsp3) is 0.391. The Bertz CT molecular complexity index is 1190. The fourth-order valence-corrected chi connectivity index (χ4v) is 5.16. The summed E-state index contributed by atoms with van der Waals surface area (Å²) in [4.78, 5) is 32.0. The van der Waals surface area contributed by atoms with Gasteiger partial charge in [-0.15, -0.1) is 0 Å². The number of aromatic nitrogens is 3. The van der Waals surface area contributed by atoms with Crippen molar-refractivity contribution in [1.82, 2.24) is 24.8 Å². The molecule has 7 nitrogen and oxygen atoms in total. The maximum atomic E-state index is 13.3. The van der Waals surface area contributed by atoms with Gasteiger partial charge in [0, 0.05) is 36.5 Å². The largest absolute Gasteiger partial charge is 0.349 e. The molecule has 5 rings (SSSR count). The molecule has 1 N–H and O–H groups in total. The lowest BCUT2D eigenvalue weighted by Gasteiger charge is -2.36. The van der Waals surface area contributed by atoms with Crippen molar-refractivity contribution < 1.29 is 14.0 Å². The third kappa shape index (κ3) is 3.72. The van der Waals surface area contributed by atoms with Crippen LogP contribution in [0.15, 0.2) is 42.9 Å². The summed E-state index contributed by atoms with van der Waals surface area (Å²) in [5.74, 6) is -0.442. The average molecular weight is 456 g/mol.